The Kier molecular flexibility index (Phi) is 6.00. The van der Waals surface area contributed by atoms with Gasteiger partial charge in [-0.1, -0.05) is 31.5 Å². The smallest absolute Gasteiger partial charge is 0.188 e. The first-order valence-corrected chi connectivity index (χ1v) is 9.39. The third-order valence-electron chi connectivity index (χ3n) is 2.64. The summed E-state index contributed by atoms with van der Waals surface area (Å²) in [5, 5.41) is 0.750. The van der Waals surface area contributed by atoms with E-state index in [1.807, 2.05) is 6.07 Å². The highest BCUT2D eigenvalue weighted by atomic mass is 32.2. The summed E-state index contributed by atoms with van der Waals surface area (Å²) in [6, 6.07) is 5.21. The molecule has 0 saturated carbocycles. The molecule has 2 heterocycles. The molecule has 0 aliphatic rings. The molecule has 0 fully saturated rings. The first kappa shape index (κ1) is 15.5. The van der Waals surface area contributed by atoms with Crippen molar-refractivity contribution in [3.05, 3.63) is 24.4 Å². The maximum Gasteiger partial charge on any atom is 0.188 e. The van der Waals surface area contributed by atoms with E-state index in [1.165, 1.54) is 24.2 Å². The van der Waals surface area contributed by atoms with Gasteiger partial charge in [-0.2, -0.15) is 0 Å². The molecule has 0 atom stereocenters. The number of unbranched alkanes of at least 4 members (excludes halogenated alkanes) is 2. The molecule has 0 saturated heterocycles. The summed E-state index contributed by atoms with van der Waals surface area (Å²) in [5.74, 6) is 1.01. The van der Waals surface area contributed by atoms with Crippen molar-refractivity contribution in [3.63, 3.8) is 0 Å². The van der Waals surface area contributed by atoms with Crippen LogP contribution in [-0.2, 0) is 10.7 Å². The number of hydrogen-bond acceptors (Lipinski definition) is 6. The van der Waals surface area contributed by atoms with Crippen molar-refractivity contribution in [2.45, 2.75) is 35.6 Å². The lowest BCUT2D eigenvalue weighted by atomic mass is 10.3. The van der Waals surface area contributed by atoms with Gasteiger partial charge in [0.1, 0.15) is 4.21 Å². The van der Waals surface area contributed by atoms with Crippen LogP contribution < -0.4 is 0 Å². The van der Waals surface area contributed by atoms with Gasteiger partial charge in [0, 0.05) is 11.9 Å². The zero-order valence-corrected chi connectivity index (χ0v) is 13.6. The van der Waals surface area contributed by atoms with Gasteiger partial charge in [0.05, 0.1) is 10.6 Å². The molecule has 0 aliphatic carbocycles. The van der Waals surface area contributed by atoms with Crippen molar-refractivity contribution in [2.75, 3.05) is 5.75 Å². The SMILES string of the molecule is CCCCCSc1nccc(-c2ccc([SH](=O)=O)s2)n1. The van der Waals surface area contributed by atoms with E-state index in [1.54, 1.807) is 30.1 Å². The van der Waals surface area contributed by atoms with Crippen LogP contribution in [0.25, 0.3) is 10.6 Å². The molecule has 0 aromatic carbocycles. The van der Waals surface area contributed by atoms with Gasteiger partial charge >= 0.3 is 0 Å². The van der Waals surface area contributed by atoms with Crippen LogP contribution in [0.15, 0.2) is 33.8 Å². The third kappa shape index (κ3) is 4.29. The Bertz CT molecular complexity index is 630. The molecule has 0 aliphatic heterocycles. The van der Waals surface area contributed by atoms with E-state index in [0.717, 1.165) is 27.9 Å². The highest BCUT2D eigenvalue weighted by Crippen LogP contribution is 2.28. The summed E-state index contributed by atoms with van der Waals surface area (Å²) >= 11 is 2.88. The van der Waals surface area contributed by atoms with E-state index >= 15 is 0 Å². The van der Waals surface area contributed by atoms with Crippen molar-refractivity contribution >= 4 is 33.8 Å². The zero-order chi connectivity index (χ0) is 14.4. The standard InChI is InChI=1S/C13H16N2O2S3/c1-2-3-4-9-18-13-14-8-7-10(15-13)11-5-6-12(19-11)20(16)17/h5-8,20H,2-4,9H2,1H3. The molecular formula is C13H16N2O2S3. The van der Waals surface area contributed by atoms with Gasteiger partial charge in [0.2, 0.25) is 0 Å². The molecule has 0 bridgehead atoms. The molecular weight excluding hydrogens is 312 g/mol. The first-order chi connectivity index (χ1) is 9.70. The molecule has 20 heavy (non-hydrogen) atoms. The lowest BCUT2D eigenvalue weighted by Crippen LogP contribution is -1.89. The Labute approximate surface area is 128 Å². The van der Waals surface area contributed by atoms with Gasteiger partial charge in [-0.25, -0.2) is 18.4 Å². The Morgan fingerprint density at radius 3 is 2.80 bits per heavy atom. The summed E-state index contributed by atoms with van der Waals surface area (Å²) in [7, 11) is -2.52. The number of hydrogen-bond donors (Lipinski definition) is 1. The van der Waals surface area contributed by atoms with Gasteiger partial charge in [0.25, 0.3) is 0 Å². The summed E-state index contributed by atoms with van der Waals surface area (Å²) in [6.45, 7) is 2.18. The summed E-state index contributed by atoms with van der Waals surface area (Å²) < 4.78 is 22.2. The fraction of sp³-hybridized carbons (Fsp3) is 0.385. The van der Waals surface area contributed by atoms with Gasteiger partial charge in [0.15, 0.2) is 15.9 Å². The molecule has 0 N–H and O–H groups in total. The topological polar surface area (TPSA) is 59.9 Å². The minimum absolute atomic E-state index is 0.366. The Morgan fingerprint density at radius 2 is 2.10 bits per heavy atom. The van der Waals surface area contributed by atoms with Crippen LogP contribution in [0, 0.1) is 0 Å². The summed E-state index contributed by atoms with van der Waals surface area (Å²) in [4.78, 5) is 9.58. The predicted octanol–water partition coefficient (Wildman–Crippen LogP) is 3.46. The van der Waals surface area contributed by atoms with Crippen LogP contribution in [0.2, 0.25) is 0 Å². The predicted molar refractivity (Wildman–Crippen MR) is 84.2 cm³/mol. The summed E-state index contributed by atoms with van der Waals surface area (Å²) in [5.41, 5.74) is 0.783. The molecule has 0 amide bonds. The average Bonchev–Trinajstić information content (AvgIpc) is 2.94. The Hall–Kier alpha value is -0.920. The quantitative estimate of drug-likeness (QED) is 0.365. The van der Waals surface area contributed by atoms with Crippen LogP contribution in [0.1, 0.15) is 26.2 Å². The van der Waals surface area contributed by atoms with E-state index in [9.17, 15) is 8.42 Å². The second-order valence-electron chi connectivity index (χ2n) is 4.18. The maximum absolute atomic E-state index is 10.9. The second kappa shape index (κ2) is 7.75. The average molecular weight is 328 g/mol. The fourth-order valence-corrected chi connectivity index (χ4v) is 3.96. The number of thiol groups is 1. The molecule has 108 valence electrons. The van der Waals surface area contributed by atoms with Crippen LogP contribution >= 0.6 is 23.1 Å². The number of aromatic nitrogens is 2. The Morgan fingerprint density at radius 1 is 1.25 bits per heavy atom. The van der Waals surface area contributed by atoms with Crippen molar-refractivity contribution in [3.8, 4) is 10.6 Å². The molecule has 2 aromatic rings. The highest BCUT2D eigenvalue weighted by Gasteiger charge is 2.07. The van der Waals surface area contributed by atoms with E-state index in [2.05, 4.69) is 16.9 Å². The van der Waals surface area contributed by atoms with Crippen molar-refractivity contribution in [1.29, 1.82) is 0 Å². The zero-order valence-electron chi connectivity index (χ0n) is 11.1. The maximum atomic E-state index is 10.9. The van der Waals surface area contributed by atoms with Crippen LogP contribution in [-0.4, -0.2) is 24.1 Å². The number of thioether (sulfide) groups is 1. The fourth-order valence-electron chi connectivity index (χ4n) is 1.63. The molecule has 2 aromatic heterocycles. The van der Waals surface area contributed by atoms with Gasteiger partial charge in [-0.05, 0) is 24.6 Å². The van der Waals surface area contributed by atoms with Crippen molar-refractivity contribution in [1.82, 2.24) is 9.97 Å². The monoisotopic (exact) mass is 328 g/mol. The molecule has 4 nitrogen and oxygen atoms in total. The molecule has 0 radical (unpaired) electrons. The third-order valence-corrected chi connectivity index (χ3v) is 5.72. The van der Waals surface area contributed by atoms with Crippen LogP contribution in [0.3, 0.4) is 0 Å². The molecule has 0 unspecified atom stereocenters. The van der Waals surface area contributed by atoms with Crippen LogP contribution in [0.4, 0.5) is 0 Å². The largest absolute Gasteiger partial charge is 0.231 e. The van der Waals surface area contributed by atoms with Crippen molar-refractivity contribution in [2.24, 2.45) is 0 Å². The van der Waals surface area contributed by atoms with Gasteiger partial charge in [-0.3, -0.25) is 0 Å². The molecule has 0 spiro atoms. The van der Waals surface area contributed by atoms with E-state index < -0.39 is 10.7 Å². The van der Waals surface area contributed by atoms with Crippen molar-refractivity contribution < 1.29 is 8.42 Å². The normalized spacial score (nSPS) is 11.1. The second-order valence-corrected chi connectivity index (χ2v) is 7.62. The van der Waals surface area contributed by atoms with E-state index in [4.69, 9.17) is 0 Å². The minimum atomic E-state index is -2.52. The molecule has 2 rings (SSSR count). The lowest BCUT2D eigenvalue weighted by Gasteiger charge is -2.01. The van der Waals surface area contributed by atoms with Gasteiger partial charge in [-0.15, -0.1) is 11.3 Å². The molecule has 7 heteroatoms. The lowest BCUT2D eigenvalue weighted by molar-refractivity contribution is 0.616. The number of thiophene rings is 1. The van der Waals surface area contributed by atoms with Gasteiger partial charge < -0.3 is 0 Å². The Balaban J connectivity index is 2.08. The number of nitrogens with zero attached hydrogens (tertiary/aromatic N) is 2. The van der Waals surface area contributed by atoms with Crippen LogP contribution in [0.5, 0.6) is 0 Å². The first-order valence-electron chi connectivity index (χ1n) is 6.41. The number of rotatable bonds is 7. The summed E-state index contributed by atoms with van der Waals surface area (Å²) in [6.07, 6.45) is 5.31. The van der Waals surface area contributed by atoms with E-state index in [0.29, 0.717) is 4.21 Å². The van der Waals surface area contributed by atoms with E-state index in [-0.39, 0.29) is 0 Å². The minimum Gasteiger partial charge on any atom is -0.231 e. The highest BCUT2D eigenvalue weighted by molar-refractivity contribution is 7.99.